The molecule has 0 saturated heterocycles. The highest BCUT2D eigenvalue weighted by molar-refractivity contribution is 6.03. The van der Waals surface area contributed by atoms with Crippen LogP contribution in [0.15, 0.2) is 48.8 Å². The van der Waals surface area contributed by atoms with E-state index in [-0.39, 0.29) is 11.9 Å². The topological polar surface area (TPSA) is 81.9 Å². The van der Waals surface area contributed by atoms with Gasteiger partial charge in [-0.05, 0) is 31.2 Å². The Labute approximate surface area is 139 Å². The molecule has 0 saturated carbocycles. The van der Waals surface area contributed by atoms with Gasteiger partial charge in [0.2, 0.25) is 5.95 Å². The number of aryl methyl sites for hydroxylation is 2. The summed E-state index contributed by atoms with van der Waals surface area (Å²) in [5, 5.41) is 6.78. The van der Waals surface area contributed by atoms with Crippen molar-refractivity contribution in [3.63, 3.8) is 0 Å². The lowest BCUT2D eigenvalue weighted by molar-refractivity contribution is 0.102. The fourth-order valence-corrected chi connectivity index (χ4v) is 2.07. The van der Waals surface area contributed by atoms with Gasteiger partial charge in [0.25, 0.3) is 5.91 Å². The van der Waals surface area contributed by atoms with Crippen LogP contribution in [0, 0.1) is 6.92 Å². The normalized spacial score (nSPS) is 10.4. The Balaban J connectivity index is 1.66. The van der Waals surface area contributed by atoms with Crippen molar-refractivity contribution in [2.75, 3.05) is 5.32 Å². The summed E-state index contributed by atoms with van der Waals surface area (Å²) in [4.78, 5) is 20.5. The molecule has 2 heterocycles. The maximum absolute atomic E-state index is 12.3. The number of rotatable bonds is 5. The number of hydrogen-bond acceptors (Lipinski definition) is 5. The van der Waals surface area contributed by atoms with Gasteiger partial charge in [-0.1, -0.05) is 12.1 Å². The molecule has 7 nitrogen and oxygen atoms in total. The summed E-state index contributed by atoms with van der Waals surface area (Å²) in [5.41, 5.74) is 1.43. The molecule has 1 N–H and O–H groups in total. The van der Waals surface area contributed by atoms with Crippen LogP contribution in [0.4, 0.5) is 5.95 Å². The Kier molecular flexibility index (Phi) is 4.51. The molecule has 0 atom stereocenters. The van der Waals surface area contributed by atoms with E-state index in [0.29, 0.717) is 17.9 Å². The lowest BCUT2D eigenvalue weighted by Gasteiger charge is -2.07. The predicted octanol–water partition coefficient (Wildman–Crippen LogP) is 2.35. The van der Waals surface area contributed by atoms with Gasteiger partial charge in [0, 0.05) is 30.6 Å². The summed E-state index contributed by atoms with van der Waals surface area (Å²) >= 11 is 0. The largest absolute Gasteiger partial charge is 0.489 e. The first-order valence-electron chi connectivity index (χ1n) is 7.42. The molecule has 0 spiro atoms. The molecule has 122 valence electrons. The minimum Gasteiger partial charge on any atom is -0.489 e. The van der Waals surface area contributed by atoms with Crippen molar-refractivity contribution in [3.05, 3.63) is 65.7 Å². The third-order valence-corrected chi connectivity index (χ3v) is 3.43. The van der Waals surface area contributed by atoms with Crippen LogP contribution in [0.3, 0.4) is 0 Å². The summed E-state index contributed by atoms with van der Waals surface area (Å²) in [7, 11) is 1.77. The first kappa shape index (κ1) is 15.7. The number of anilines is 1. The Bertz CT molecular complexity index is 826. The number of carbonyl (C=O) groups excluding carboxylic acids is 1. The van der Waals surface area contributed by atoms with Crippen molar-refractivity contribution in [1.29, 1.82) is 0 Å². The first-order valence-corrected chi connectivity index (χ1v) is 7.42. The van der Waals surface area contributed by atoms with Crippen LogP contribution >= 0.6 is 0 Å². The predicted molar refractivity (Wildman–Crippen MR) is 88.7 cm³/mol. The van der Waals surface area contributed by atoms with E-state index in [0.717, 1.165) is 11.4 Å². The molecule has 0 radical (unpaired) electrons. The Morgan fingerprint density at radius 1 is 1.29 bits per heavy atom. The van der Waals surface area contributed by atoms with Gasteiger partial charge in [-0.25, -0.2) is 0 Å². The van der Waals surface area contributed by atoms with Crippen LogP contribution in [0.2, 0.25) is 0 Å². The van der Waals surface area contributed by atoms with Crippen LogP contribution in [0.25, 0.3) is 0 Å². The molecule has 7 heteroatoms. The maximum Gasteiger partial charge on any atom is 0.258 e. The zero-order valence-corrected chi connectivity index (χ0v) is 13.4. The lowest BCUT2D eigenvalue weighted by atomic mass is 10.2. The van der Waals surface area contributed by atoms with Gasteiger partial charge in [-0.15, -0.1) is 5.10 Å². The summed E-state index contributed by atoms with van der Waals surface area (Å²) in [6.45, 7) is 2.20. The molecule has 3 rings (SSSR count). The highest BCUT2D eigenvalue weighted by Gasteiger charge is 2.11. The first-order chi connectivity index (χ1) is 11.6. The molecule has 1 amide bonds. The van der Waals surface area contributed by atoms with Gasteiger partial charge in [0.1, 0.15) is 18.2 Å². The van der Waals surface area contributed by atoms with Gasteiger partial charge in [0.05, 0.1) is 0 Å². The highest BCUT2D eigenvalue weighted by Crippen LogP contribution is 2.16. The molecule has 0 bridgehead atoms. The van der Waals surface area contributed by atoms with Crippen LogP contribution in [-0.4, -0.2) is 25.7 Å². The third kappa shape index (κ3) is 3.75. The van der Waals surface area contributed by atoms with Gasteiger partial charge in [-0.3, -0.25) is 19.8 Å². The van der Waals surface area contributed by atoms with Crippen molar-refractivity contribution < 1.29 is 9.53 Å². The Morgan fingerprint density at radius 3 is 2.88 bits per heavy atom. The number of nitrogens with one attached hydrogen (secondary N) is 1. The molecule has 3 aromatic rings. The number of carbonyl (C=O) groups is 1. The highest BCUT2D eigenvalue weighted by atomic mass is 16.5. The minimum absolute atomic E-state index is 0.279. The number of amides is 1. The number of pyridine rings is 1. The third-order valence-electron chi connectivity index (χ3n) is 3.43. The van der Waals surface area contributed by atoms with Crippen molar-refractivity contribution in [2.24, 2.45) is 7.05 Å². The number of nitrogens with zero attached hydrogens (tertiary/aromatic N) is 4. The second kappa shape index (κ2) is 6.91. The molecule has 1 aromatic carbocycles. The molecule has 0 aliphatic carbocycles. The van der Waals surface area contributed by atoms with Crippen LogP contribution in [0.5, 0.6) is 5.75 Å². The van der Waals surface area contributed by atoms with Gasteiger partial charge < -0.3 is 4.74 Å². The zero-order chi connectivity index (χ0) is 16.9. The molecule has 0 aliphatic heterocycles. The Hall–Kier alpha value is -3.22. The molecule has 0 fully saturated rings. The van der Waals surface area contributed by atoms with E-state index < -0.39 is 0 Å². The fraction of sp³-hybridized carbons (Fsp3) is 0.176. The molecule has 24 heavy (non-hydrogen) atoms. The second-order valence-corrected chi connectivity index (χ2v) is 5.24. The van der Waals surface area contributed by atoms with Gasteiger partial charge in [0.15, 0.2) is 0 Å². The van der Waals surface area contributed by atoms with E-state index in [9.17, 15) is 4.79 Å². The summed E-state index contributed by atoms with van der Waals surface area (Å²) in [5.74, 6) is 1.32. The SMILES string of the molecule is Cc1nc(NC(=O)c2cccc(OCc3cccnc3)c2)nn1C. The standard InChI is InChI=1S/C17H17N5O2/c1-12-19-17(21-22(12)2)20-16(23)14-6-3-7-15(9-14)24-11-13-5-4-8-18-10-13/h3-10H,11H2,1-2H3,(H,20,21,23). The van der Waals surface area contributed by atoms with E-state index in [2.05, 4.69) is 20.4 Å². The van der Waals surface area contributed by atoms with Crippen LogP contribution in [0.1, 0.15) is 21.7 Å². The molecular weight excluding hydrogens is 306 g/mol. The van der Waals surface area contributed by atoms with Crippen LogP contribution < -0.4 is 10.1 Å². The smallest absolute Gasteiger partial charge is 0.258 e. The molecule has 0 unspecified atom stereocenters. The monoisotopic (exact) mass is 323 g/mol. The summed E-state index contributed by atoms with van der Waals surface area (Å²) in [6, 6.07) is 10.7. The van der Waals surface area contributed by atoms with Crippen molar-refractivity contribution in [1.82, 2.24) is 19.7 Å². The average Bonchev–Trinajstić information content (AvgIpc) is 2.91. The number of aromatic nitrogens is 4. The van der Waals surface area contributed by atoms with Gasteiger partial charge in [-0.2, -0.15) is 4.98 Å². The number of benzene rings is 1. The van der Waals surface area contributed by atoms with E-state index in [4.69, 9.17) is 4.74 Å². The van der Waals surface area contributed by atoms with Crippen LogP contribution in [-0.2, 0) is 13.7 Å². The van der Waals surface area contributed by atoms with Gasteiger partial charge >= 0.3 is 0 Å². The zero-order valence-electron chi connectivity index (χ0n) is 13.4. The van der Waals surface area contributed by atoms with Crippen molar-refractivity contribution >= 4 is 11.9 Å². The molecule has 2 aromatic heterocycles. The van der Waals surface area contributed by atoms with E-state index in [1.165, 1.54) is 0 Å². The van der Waals surface area contributed by atoms with Crippen molar-refractivity contribution in [2.45, 2.75) is 13.5 Å². The van der Waals surface area contributed by atoms with E-state index >= 15 is 0 Å². The fourth-order valence-electron chi connectivity index (χ4n) is 2.07. The molecule has 0 aliphatic rings. The summed E-state index contributed by atoms with van der Waals surface area (Å²) in [6.07, 6.45) is 3.45. The quantitative estimate of drug-likeness (QED) is 0.779. The second-order valence-electron chi connectivity index (χ2n) is 5.24. The molecular formula is C17H17N5O2. The maximum atomic E-state index is 12.3. The number of hydrogen-bond donors (Lipinski definition) is 1. The van der Waals surface area contributed by atoms with Crippen molar-refractivity contribution in [3.8, 4) is 5.75 Å². The Morgan fingerprint density at radius 2 is 2.17 bits per heavy atom. The lowest BCUT2D eigenvalue weighted by Crippen LogP contribution is -2.13. The summed E-state index contributed by atoms with van der Waals surface area (Å²) < 4.78 is 7.30. The minimum atomic E-state index is -0.285. The number of ether oxygens (including phenoxy) is 1. The van der Waals surface area contributed by atoms with E-state index in [1.807, 2.05) is 19.1 Å². The average molecular weight is 323 g/mol. The van der Waals surface area contributed by atoms with E-state index in [1.54, 1.807) is 48.4 Å².